The number of nitrogens with zero attached hydrogens (tertiary/aromatic N) is 1. The average Bonchev–Trinajstić information content (AvgIpc) is 2.43. The molecule has 3 N–H and O–H groups in total. The number of nitrogens with one attached hydrogen (secondary N) is 1. The van der Waals surface area contributed by atoms with Gasteiger partial charge in [0.25, 0.3) is 5.91 Å². The molecule has 0 saturated carbocycles. The Bertz CT molecular complexity index is 396. The summed E-state index contributed by atoms with van der Waals surface area (Å²) in [4.78, 5) is 36.3. The lowest BCUT2D eigenvalue weighted by Gasteiger charge is -2.28. The number of likely N-dealkylation sites (N-methyl/N-ethyl adjacent to an activating group) is 1. The summed E-state index contributed by atoms with van der Waals surface area (Å²) < 4.78 is 0. The van der Waals surface area contributed by atoms with Crippen LogP contribution in [0.5, 0.6) is 0 Å². The van der Waals surface area contributed by atoms with Crippen LogP contribution < -0.4 is 11.1 Å². The third-order valence-electron chi connectivity index (χ3n) is 4.21. The van der Waals surface area contributed by atoms with Gasteiger partial charge in [-0.15, -0.1) is 0 Å². The van der Waals surface area contributed by atoms with Crippen LogP contribution in [0.4, 0.5) is 0 Å². The van der Waals surface area contributed by atoms with Gasteiger partial charge in [0.15, 0.2) is 0 Å². The Labute approximate surface area is 126 Å². The van der Waals surface area contributed by atoms with Crippen molar-refractivity contribution < 1.29 is 14.4 Å². The van der Waals surface area contributed by atoms with Crippen LogP contribution in [0.2, 0.25) is 0 Å². The fourth-order valence-electron chi connectivity index (χ4n) is 2.66. The van der Waals surface area contributed by atoms with Crippen molar-refractivity contribution in [3.8, 4) is 0 Å². The monoisotopic (exact) mass is 297 g/mol. The molecule has 21 heavy (non-hydrogen) atoms. The van der Waals surface area contributed by atoms with Crippen LogP contribution in [0.1, 0.15) is 46.0 Å². The Kier molecular flexibility index (Phi) is 6.81. The SMILES string of the molecule is CC(C)C(CCN)CCC(=O)NC1CCC(=O)N(C)C1=O. The second-order valence-corrected chi connectivity index (χ2v) is 6.07. The van der Waals surface area contributed by atoms with Gasteiger partial charge in [-0.2, -0.15) is 0 Å². The van der Waals surface area contributed by atoms with Crippen LogP contribution >= 0.6 is 0 Å². The molecule has 0 aromatic rings. The molecule has 0 aromatic carbocycles. The number of hydrogen-bond acceptors (Lipinski definition) is 4. The third kappa shape index (κ3) is 5.12. The van der Waals surface area contributed by atoms with Gasteiger partial charge < -0.3 is 11.1 Å². The lowest BCUT2D eigenvalue weighted by molar-refractivity contribution is -0.149. The molecule has 2 atom stereocenters. The summed E-state index contributed by atoms with van der Waals surface area (Å²) in [6, 6.07) is -0.563. The number of amides is 3. The van der Waals surface area contributed by atoms with E-state index in [1.54, 1.807) is 0 Å². The van der Waals surface area contributed by atoms with E-state index >= 15 is 0 Å². The van der Waals surface area contributed by atoms with Crippen LogP contribution in [-0.4, -0.2) is 42.3 Å². The largest absolute Gasteiger partial charge is 0.344 e. The normalized spacial score (nSPS) is 20.8. The summed E-state index contributed by atoms with van der Waals surface area (Å²) in [6.45, 7) is 4.88. The molecule has 0 aromatic heterocycles. The Morgan fingerprint density at radius 3 is 2.62 bits per heavy atom. The van der Waals surface area contributed by atoms with Crippen molar-refractivity contribution in [3.63, 3.8) is 0 Å². The van der Waals surface area contributed by atoms with Crippen molar-refractivity contribution in [2.75, 3.05) is 13.6 Å². The molecule has 1 saturated heterocycles. The highest BCUT2D eigenvalue weighted by molar-refractivity contribution is 6.01. The molecule has 1 fully saturated rings. The van der Waals surface area contributed by atoms with Crippen molar-refractivity contribution in [2.45, 2.75) is 52.0 Å². The molecule has 2 unspecified atom stereocenters. The van der Waals surface area contributed by atoms with Crippen molar-refractivity contribution in [1.82, 2.24) is 10.2 Å². The summed E-state index contributed by atoms with van der Waals surface area (Å²) in [6.07, 6.45) is 2.77. The third-order valence-corrected chi connectivity index (χ3v) is 4.21. The van der Waals surface area contributed by atoms with Crippen molar-refractivity contribution >= 4 is 17.7 Å². The first-order valence-corrected chi connectivity index (χ1v) is 7.66. The molecule has 6 nitrogen and oxygen atoms in total. The number of carbonyl (C=O) groups excluding carboxylic acids is 3. The van der Waals surface area contributed by atoms with Gasteiger partial charge in [-0.3, -0.25) is 19.3 Å². The molecule has 6 heteroatoms. The fraction of sp³-hybridized carbons (Fsp3) is 0.800. The molecule has 1 heterocycles. The summed E-state index contributed by atoms with van der Waals surface area (Å²) >= 11 is 0. The summed E-state index contributed by atoms with van der Waals surface area (Å²) in [5.41, 5.74) is 5.59. The van der Waals surface area contributed by atoms with Gasteiger partial charge in [0, 0.05) is 19.9 Å². The Morgan fingerprint density at radius 2 is 2.05 bits per heavy atom. The zero-order chi connectivity index (χ0) is 16.0. The molecular formula is C15H27N3O3. The zero-order valence-electron chi connectivity index (χ0n) is 13.2. The Hall–Kier alpha value is -1.43. The van der Waals surface area contributed by atoms with Crippen LogP contribution in [0, 0.1) is 11.8 Å². The molecule has 0 radical (unpaired) electrons. The Balaban J connectivity index is 2.43. The second kappa shape index (κ2) is 8.12. The maximum Gasteiger partial charge on any atom is 0.251 e. The van der Waals surface area contributed by atoms with Gasteiger partial charge in [0.1, 0.15) is 6.04 Å². The van der Waals surface area contributed by atoms with Gasteiger partial charge in [0.2, 0.25) is 11.8 Å². The highest BCUT2D eigenvalue weighted by Crippen LogP contribution is 2.20. The number of nitrogens with two attached hydrogens (primary N) is 1. The quantitative estimate of drug-likeness (QED) is 0.675. The van der Waals surface area contributed by atoms with Crippen molar-refractivity contribution in [2.24, 2.45) is 17.6 Å². The van der Waals surface area contributed by atoms with E-state index in [4.69, 9.17) is 5.73 Å². The summed E-state index contributed by atoms with van der Waals surface area (Å²) in [5, 5.41) is 2.74. The number of hydrogen-bond donors (Lipinski definition) is 2. The molecule has 1 rings (SSSR count). The van der Waals surface area contributed by atoms with Gasteiger partial charge in [0.05, 0.1) is 0 Å². The summed E-state index contributed by atoms with van der Waals surface area (Å²) in [5.74, 6) is 0.280. The molecule has 0 aliphatic carbocycles. The number of likely N-dealkylation sites (tertiary alicyclic amines) is 1. The topological polar surface area (TPSA) is 92.5 Å². The highest BCUT2D eigenvalue weighted by atomic mass is 16.2. The van der Waals surface area contributed by atoms with Gasteiger partial charge in [-0.05, 0) is 37.6 Å². The van der Waals surface area contributed by atoms with E-state index in [2.05, 4.69) is 19.2 Å². The Morgan fingerprint density at radius 1 is 1.38 bits per heavy atom. The summed E-state index contributed by atoms with van der Waals surface area (Å²) in [7, 11) is 1.46. The molecule has 3 amide bonds. The predicted molar refractivity (Wildman–Crippen MR) is 80.2 cm³/mol. The lowest BCUT2D eigenvalue weighted by Crippen LogP contribution is -2.52. The number of piperidine rings is 1. The van der Waals surface area contributed by atoms with Crippen LogP contribution in [0.3, 0.4) is 0 Å². The zero-order valence-corrected chi connectivity index (χ0v) is 13.2. The first-order valence-electron chi connectivity index (χ1n) is 7.66. The number of rotatable bonds is 7. The van der Waals surface area contributed by atoms with Crippen LogP contribution in [-0.2, 0) is 14.4 Å². The number of imide groups is 1. The van der Waals surface area contributed by atoms with Gasteiger partial charge >= 0.3 is 0 Å². The molecular weight excluding hydrogens is 270 g/mol. The maximum absolute atomic E-state index is 12.0. The fourth-order valence-corrected chi connectivity index (χ4v) is 2.66. The lowest BCUT2D eigenvalue weighted by atomic mass is 9.88. The van der Waals surface area contributed by atoms with E-state index in [0.717, 1.165) is 17.7 Å². The minimum absolute atomic E-state index is 0.126. The van der Waals surface area contributed by atoms with Crippen LogP contribution in [0.25, 0.3) is 0 Å². The molecule has 0 bridgehead atoms. The minimum atomic E-state index is -0.563. The van der Waals surface area contributed by atoms with E-state index in [1.165, 1.54) is 7.05 Å². The molecule has 1 aliphatic rings. The second-order valence-electron chi connectivity index (χ2n) is 6.07. The van der Waals surface area contributed by atoms with Gasteiger partial charge in [-0.1, -0.05) is 13.8 Å². The highest BCUT2D eigenvalue weighted by Gasteiger charge is 2.32. The van der Waals surface area contributed by atoms with Crippen LogP contribution in [0.15, 0.2) is 0 Å². The molecule has 1 aliphatic heterocycles. The van der Waals surface area contributed by atoms with Crippen molar-refractivity contribution in [3.05, 3.63) is 0 Å². The van der Waals surface area contributed by atoms with E-state index in [9.17, 15) is 14.4 Å². The van der Waals surface area contributed by atoms with Crippen molar-refractivity contribution in [1.29, 1.82) is 0 Å². The molecule has 0 spiro atoms. The standard InChI is InChI=1S/C15H27N3O3/c1-10(2)11(8-9-16)4-6-13(19)17-12-5-7-14(20)18(3)15(12)21/h10-12H,4-9,16H2,1-3H3,(H,17,19). The van der Waals surface area contributed by atoms with Gasteiger partial charge in [-0.25, -0.2) is 0 Å². The van der Waals surface area contributed by atoms with E-state index in [-0.39, 0.29) is 17.7 Å². The number of carbonyl (C=O) groups is 3. The first kappa shape index (κ1) is 17.6. The maximum atomic E-state index is 12.0. The smallest absolute Gasteiger partial charge is 0.251 e. The molecule has 120 valence electrons. The van der Waals surface area contributed by atoms with E-state index in [1.807, 2.05) is 0 Å². The predicted octanol–water partition coefficient (Wildman–Crippen LogP) is 0.651. The average molecular weight is 297 g/mol. The van der Waals surface area contributed by atoms with E-state index in [0.29, 0.717) is 37.6 Å². The first-order chi connectivity index (χ1) is 9.86. The minimum Gasteiger partial charge on any atom is -0.344 e. The van der Waals surface area contributed by atoms with E-state index < -0.39 is 6.04 Å².